The molecule has 0 spiro atoms. The van der Waals surface area contributed by atoms with Gasteiger partial charge in [-0.25, -0.2) is 4.79 Å². The molecular formula is C14H16O5. The molecule has 19 heavy (non-hydrogen) atoms. The van der Waals surface area contributed by atoms with Gasteiger partial charge >= 0.3 is 5.97 Å². The summed E-state index contributed by atoms with van der Waals surface area (Å²) in [5.41, 5.74) is 0.748. The van der Waals surface area contributed by atoms with Crippen molar-refractivity contribution in [1.29, 1.82) is 0 Å². The number of benzene rings is 1. The van der Waals surface area contributed by atoms with Crippen molar-refractivity contribution >= 4 is 16.9 Å². The van der Waals surface area contributed by atoms with E-state index in [1.807, 2.05) is 0 Å². The second-order valence-electron chi connectivity index (χ2n) is 4.10. The summed E-state index contributed by atoms with van der Waals surface area (Å²) in [6, 6.07) is 7.07. The second-order valence-corrected chi connectivity index (χ2v) is 4.10. The van der Waals surface area contributed by atoms with Gasteiger partial charge in [-0.1, -0.05) is 18.2 Å². The number of hydrogen-bond acceptors (Lipinski definition) is 4. The van der Waals surface area contributed by atoms with Gasteiger partial charge in [0.05, 0.1) is 0 Å². The van der Waals surface area contributed by atoms with Crippen LogP contribution in [0.3, 0.4) is 0 Å². The zero-order valence-corrected chi connectivity index (χ0v) is 10.7. The summed E-state index contributed by atoms with van der Waals surface area (Å²) in [6.07, 6.45) is 0.763. The van der Waals surface area contributed by atoms with Crippen molar-refractivity contribution in [2.24, 2.45) is 0 Å². The largest absolute Gasteiger partial charge is 0.478 e. The van der Waals surface area contributed by atoms with Crippen molar-refractivity contribution in [3.63, 3.8) is 0 Å². The molecule has 2 rings (SSSR count). The van der Waals surface area contributed by atoms with E-state index in [1.54, 1.807) is 31.4 Å². The van der Waals surface area contributed by atoms with Crippen LogP contribution in [0, 0.1) is 0 Å². The number of hydrogen-bond donors (Lipinski definition) is 1. The maximum Gasteiger partial charge on any atom is 0.340 e. The van der Waals surface area contributed by atoms with Crippen LogP contribution in [-0.4, -0.2) is 31.4 Å². The van der Waals surface area contributed by atoms with Gasteiger partial charge in [0.1, 0.15) is 23.5 Å². The van der Waals surface area contributed by atoms with Crippen LogP contribution in [0.25, 0.3) is 11.0 Å². The minimum atomic E-state index is -1.000. The van der Waals surface area contributed by atoms with Gasteiger partial charge in [0.2, 0.25) is 0 Å². The molecule has 1 aromatic carbocycles. The molecule has 0 unspecified atom stereocenters. The first-order valence-corrected chi connectivity index (χ1v) is 6.04. The highest BCUT2D eigenvalue weighted by Gasteiger charge is 2.19. The highest BCUT2D eigenvalue weighted by atomic mass is 16.5. The number of para-hydroxylation sites is 1. The van der Waals surface area contributed by atoms with Crippen molar-refractivity contribution in [2.45, 2.75) is 13.0 Å². The molecule has 2 aromatic rings. The second kappa shape index (κ2) is 6.36. The average molecular weight is 264 g/mol. The fourth-order valence-corrected chi connectivity index (χ4v) is 1.90. The summed E-state index contributed by atoms with van der Waals surface area (Å²) in [5, 5.41) is 9.86. The van der Waals surface area contributed by atoms with Crippen LogP contribution in [-0.2, 0) is 16.1 Å². The molecule has 0 aliphatic rings. The van der Waals surface area contributed by atoms with E-state index in [0.29, 0.717) is 29.9 Å². The zero-order chi connectivity index (χ0) is 13.7. The molecule has 1 N–H and O–H groups in total. The van der Waals surface area contributed by atoms with E-state index >= 15 is 0 Å². The third-order valence-electron chi connectivity index (χ3n) is 2.75. The standard InChI is InChI=1S/C14H16O5/c1-17-7-4-8-18-9-12-13(14(15)16)10-5-2-3-6-11(10)19-12/h2-3,5-6H,4,7-9H2,1H3,(H,15,16). The monoisotopic (exact) mass is 264 g/mol. The number of methoxy groups -OCH3 is 1. The SMILES string of the molecule is COCCCOCc1oc2ccccc2c1C(=O)O. The van der Waals surface area contributed by atoms with Gasteiger partial charge in [0.15, 0.2) is 0 Å². The molecule has 0 aliphatic carbocycles. The molecule has 0 saturated carbocycles. The number of aromatic carboxylic acids is 1. The number of rotatable bonds is 7. The van der Waals surface area contributed by atoms with Gasteiger partial charge in [0.25, 0.3) is 0 Å². The van der Waals surface area contributed by atoms with Gasteiger partial charge in [-0.05, 0) is 12.5 Å². The molecule has 5 heteroatoms. The Morgan fingerprint density at radius 1 is 1.32 bits per heavy atom. The zero-order valence-electron chi connectivity index (χ0n) is 10.7. The molecule has 102 valence electrons. The Kier molecular flexibility index (Phi) is 4.54. The molecule has 0 fully saturated rings. The van der Waals surface area contributed by atoms with Crippen molar-refractivity contribution in [2.75, 3.05) is 20.3 Å². The number of ether oxygens (including phenoxy) is 2. The summed E-state index contributed by atoms with van der Waals surface area (Å²) < 4.78 is 15.8. The molecule has 5 nitrogen and oxygen atoms in total. The molecule has 0 radical (unpaired) electrons. The van der Waals surface area contributed by atoms with E-state index in [9.17, 15) is 9.90 Å². The van der Waals surface area contributed by atoms with Crippen molar-refractivity contribution in [3.8, 4) is 0 Å². The molecule has 0 amide bonds. The highest BCUT2D eigenvalue weighted by Crippen LogP contribution is 2.26. The Morgan fingerprint density at radius 3 is 2.84 bits per heavy atom. The van der Waals surface area contributed by atoms with Gasteiger partial charge in [-0.15, -0.1) is 0 Å². The lowest BCUT2D eigenvalue weighted by Gasteiger charge is -2.02. The molecule has 0 bridgehead atoms. The Bertz CT molecular complexity index is 558. The summed E-state index contributed by atoms with van der Waals surface area (Å²) in [7, 11) is 1.63. The van der Waals surface area contributed by atoms with Crippen molar-refractivity contribution < 1.29 is 23.8 Å². The lowest BCUT2D eigenvalue weighted by atomic mass is 10.1. The number of fused-ring (bicyclic) bond motifs is 1. The van der Waals surface area contributed by atoms with E-state index in [4.69, 9.17) is 13.9 Å². The third kappa shape index (κ3) is 3.13. The smallest absolute Gasteiger partial charge is 0.340 e. The highest BCUT2D eigenvalue weighted by molar-refractivity contribution is 6.03. The van der Waals surface area contributed by atoms with Gasteiger partial charge < -0.3 is 19.0 Å². The summed E-state index contributed by atoms with van der Waals surface area (Å²) in [6.45, 7) is 1.27. The Morgan fingerprint density at radius 2 is 2.11 bits per heavy atom. The number of carboxylic acid groups (broad SMARTS) is 1. The van der Waals surface area contributed by atoms with Crippen LogP contribution in [0.1, 0.15) is 22.5 Å². The molecule has 0 saturated heterocycles. The van der Waals surface area contributed by atoms with Crippen LogP contribution in [0.5, 0.6) is 0 Å². The predicted octanol–water partition coefficient (Wildman–Crippen LogP) is 2.68. The topological polar surface area (TPSA) is 68.9 Å². The fraction of sp³-hybridized carbons (Fsp3) is 0.357. The normalized spacial score (nSPS) is 11.0. The number of carboxylic acids is 1. The van der Waals surface area contributed by atoms with Gasteiger partial charge in [-0.2, -0.15) is 0 Å². The van der Waals surface area contributed by atoms with Crippen LogP contribution >= 0.6 is 0 Å². The summed E-state index contributed by atoms with van der Waals surface area (Å²) >= 11 is 0. The van der Waals surface area contributed by atoms with Gasteiger partial charge in [-0.3, -0.25) is 0 Å². The molecule has 0 atom stereocenters. The first kappa shape index (κ1) is 13.6. The Labute approximate surface area is 110 Å². The minimum absolute atomic E-state index is 0.153. The fourth-order valence-electron chi connectivity index (χ4n) is 1.90. The van der Waals surface area contributed by atoms with Gasteiger partial charge in [0, 0.05) is 25.7 Å². The summed E-state index contributed by atoms with van der Waals surface area (Å²) in [4.78, 5) is 11.3. The van der Waals surface area contributed by atoms with E-state index in [1.165, 1.54) is 0 Å². The lowest BCUT2D eigenvalue weighted by molar-refractivity contribution is 0.0667. The van der Waals surface area contributed by atoms with E-state index in [0.717, 1.165) is 6.42 Å². The Balaban J connectivity index is 2.13. The lowest BCUT2D eigenvalue weighted by Crippen LogP contribution is -2.03. The quantitative estimate of drug-likeness (QED) is 0.779. The average Bonchev–Trinajstić information content (AvgIpc) is 2.76. The van der Waals surface area contributed by atoms with Crippen molar-refractivity contribution in [3.05, 3.63) is 35.6 Å². The van der Waals surface area contributed by atoms with Crippen LogP contribution in [0.2, 0.25) is 0 Å². The molecule has 1 heterocycles. The van der Waals surface area contributed by atoms with Crippen molar-refractivity contribution in [1.82, 2.24) is 0 Å². The first-order valence-electron chi connectivity index (χ1n) is 6.04. The van der Waals surface area contributed by atoms with Crippen LogP contribution in [0.4, 0.5) is 0 Å². The van der Waals surface area contributed by atoms with E-state index in [-0.39, 0.29) is 12.2 Å². The maximum atomic E-state index is 11.3. The molecular weight excluding hydrogens is 248 g/mol. The van der Waals surface area contributed by atoms with E-state index < -0.39 is 5.97 Å². The number of carbonyl (C=O) groups is 1. The Hall–Kier alpha value is -1.85. The predicted molar refractivity (Wildman–Crippen MR) is 69.3 cm³/mol. The number of furan rings is 1. The third-order valence-corrected chi connectivity index (χ3v) is 2.75. The van der Waals surface area contributed by atoms with E-state index in [2.05, 4.69) is 0 Å². The molecule has 0 aliphatic heterocycles. The first-order chi connectivity index (χ1) is 9.24. The maximum absolute atomic E-state index is 11.3. The summed E-state index contributed by atoms with van der Waals surface area (Å²) in [5.74, 6) is -0.647. The molecule has 1 aromatic heterocycles. The van der Waals surface area contributed by atoms with Crippen LogP contribution in [0.15, 0.2) is 28.7 Å². The minimum Gasteiger partial charge on any atom is -0.478 e. The van der Waals surface area contributed by atoms with Crippen LogP contribution < -0.4 is 0 Å².